The molecule has 0 bridgehead atoms. The molecule has 0 aromatic rings. The standard InChI is InChI=1S/C30H56N2O/c1-21(14-22-16-27(6,7)31-28(8,9)17-22)25(2,3)20-26(4,5)24(33)15-23-18-29(10,11)32-30(12,13)19-23/h22-23,31-32H,1,14-20H2,2-13H3. The molecule has 0 amide bonds. The second-order valence-electron chi connectivity index (χ2n) is 15.7. The summed E-state index contributed by atoms with van der Waals surface area (Å²) < 4.78 is 0. The van der Waals surface area contributed by atoms with Gasteiger partial charge in [0.1, 0.15) is 5.78 Å². The van der Waals surface area contributed by atoms with Crippen LogP contribution in [0.4, 0.5) is 0 Å². The van der Waals surface area contributed by atoms with Crippen LogP contribution >= 0.6 is 0 Å². The molecule has 2 saturated heterocycles. The SMILES string of the molecule is C=C(CC1CC(C)(C)NC(C)(C)C1)C(C)(C)CC(C)(C)C(=O)CC1CC(C)(C)NC(C)(C)C1. The van der Waals surface area contributed by atoms with E-state index >= 15 is 0 Å². The Hall–Kier alpha value is -0.670. The zero-order valence-corrected chi connectivity index (χ0v) is 24.2. The normalized spacial score (nSPS) is 25.6. The molecular weight excluding hydrogens is 404 g/mol. The van der Waals surface area contributed by atoms with Crippen molar-refractivity contribution in [2.24, 2.45) is 22.7 Å². The summed E-state index contributed by atoms with van der Waals surface area (Å²) in [6.07, 6.45) is 7.10. The smallest absolute Gasteiger partial charge is 0.138 e. The molecule has 0 aromatic heterocycles. The largest absolute Gasteiger partial charge is 0.307 e. The topological polar surface area (TPSA) is 41.1 Å². The third kappa shape index (κ3) is 8.20. The predicted molar refractivity (Wildman–Crippen MR) is 144 cm³/mol. The average molecular weight is 461 g/mol. The van der Waals surface area contributed by atoms with Gasteiger partial charge in [0.15, 0.2) is 0 Å². The number of carbonyl (C=O) groups excluding carboxylic acids is 1. The zero-order valence-electron chi connectivity index (χ0n) is 24.2. The van der Waals surface area contributed by atoms with Crippen LogP contribution in [0.25, 0.3) is 0 Å². The number of rotatable bonds is 8. The van der Waals surface area contributed by atoms with Gasteiger partial charge in [-0.25, -0.2) is 0 Å². The summed E-state index contributed by atoms with van der Waals surface area (Å²) in [4.78, 5) is 13.6. The Kier molecular flexibility index (Phi) is 7.86. The molecule has 0 radical (unpaired) electrons. The zero-order chi connectivity index (χ0) is 25.7. The van der Waals surface area contributed by atoms with Crippen molar-refractivity contribution < 1.29 is 4.79 Å². The van der Waals surface area contributed by atoms with Crippen molar-refractivity contribution in [3.8, 4) is 0 Å². The van der Waals surface area contributed by atoms with Crippen molar-refractivity contribution in [3.05, 3.63) is 12.2 Å². The van der Waals surface area contributed by atoms with Crippen LogP contribution in [0.2, 0.25) is 0 Å². The van der Waals surface area contributed by atoms with Gasteiger partial charge in [0.05, 0.1) is 0 Å². The minimum absolute atomic E-state index is 0.0506. The number of hydrogen-bond acceptors (Lipinski definition) is 3. The Balaban J connectivity index is 2.03. The first-order valence-corrected chi connectivity index (χ1v) is 13.3. The van der Waals surface area contributed by atoms with Gasteiger partial charge >= 0.3 is 0 Å². The molecule has 2 N–H and O–H groups in total. The first-order chi connectivity index (χ1) is 14.5. The van der Waals surface area contributed by atoms with Crippen molar-refractivity contribution in [3.63, 3.8) is 0 Å². The van der Waals surface area contributed by atoms with Gasteiger partial charge < -0.3 is 10.6 Å². The lowest BCUT2D eigenvalue weighted by atomic mass is 9.64. The van der Waals surface area contributed by atoms with E-state index < -0.39 is 0 Å². The number of carbonyl (C=O) groups is 1. The Morgan fingerprint density at radius 3 is 1.39 bits per heavy atom. The monoisotopic (exact) mass is 460 g/mol. The van der Waals surface area contributed by atoms with E-state index in [2.05, 4.69) is 100 Å². The van der Waals surface area contributed by atoms with Gasteiger partial charge in [0.2, 0.25) is 0 Å². The number of Topliss-reactive ketones (excluding diaryl/α,β-unsaturated/α-hetero) is 1. The highest BCUT2D eigenvalue weighted by molar-refractivity contribution is 5.84. The fourth-order valence-electron chi connectivity index (χ4n) is 7.85. The minimum Gasteiger partial charge on any atom is -0.307 e. The van der Waals surface area contributed by atoms with Crippen LogP contribution in [-0.2, 0) is 4.79 Å². The van der Waals surface area contributed by atoms with Crippen molar-refractivity contribution in [1.82, 2.24) is 10.6 Å². The van der Waals surface area contributed by atoms with Crippen LogP contribution in [0.3, 0.4) is 0 Å². The summed E-state index contributed by atoms with van der Waals surface area (Å²) in [6.45, 7) is 31.9. The third-order valence-electron chi connectivity index (χ3n) is 8.15. The van der Waals surface area contributed by atoms with Gasteiger partial charge in [0.25, 0.3) is 0 Å². The predicted octanol–water partition coefficient (Wildman–Crippen LogP) is 7.45. The number of piperidine rings is 2. The van der Waals surface area contributed by atoms with Crippen molar-refractivity contribution in [2.45, 2.75) is 150 Å². The Morgan fingerprint density at radius 1 is 0.697 bits per heavy atom. The third-order valence-corrected chi connectivity index (χ3v) is 8.15. The van der Waals surface area contributed by atoms with Crippen molar-refractivity contribution >= 4 is 5.78 Å². The van der Waals surface area contributed by atoms with Gasteiger partial charge in [-0.05, 0) is 111 Å². The second-order valence-corrected chi connectivity index (χ2v) is 15.7. The molecule has 0 unspecified atom stereocenters. The van der Waals surface area contributed by atoms with E-state index in [1.165, 1.54) is 18.4 Å². The number of nitrogens with one attached hydrogen (secondary N) is 2. The molecule has 3 nitrogen and oxygen atoms in total. The molecule has 0 spiro atoms. The number of hydrogen-bond donors (Lipinski definition) is 2. The maximum absolute atomic E-state index is 13.6. The molecule has 3 heteroatoms. The summed E-state index contributed by atoms with van der Waals surface area (Å²) in [6, 6.07) is 0. The maximum atomic E-state index is 13.6. The van der Waals surface area contributed by atoms with E-state index in [-0.39, 0.29) is 33.0 Å². The van der Waals surface area contributed by atoms with E-state index in [1.54, 1.807) is 0 Å². The Labute approximate surface area is 206 Å². The minimum atomic E-state index is -0.335. The molecular formula is C30H56N2O. The molecule has 2 fully saturated rings. The fourth-order valence-corrected chi connectivity index (χ4v) is 7.85. The first-order valence-electron chi connectivity index (χ1n) is 13.3. The van der Waals surface area contributed by atoms with E-state index in [0.29, 0.717) is 24.0 Å². The van der Waals surface area contributed by atoms with Crippen LogP contribution in [0.15, 0.2) is 12.2 Å². The van der Waals surface area contributed by atoms with E-state index in [9.17, 15) is 4.79 Å². The molecule has 192 valence electrons. The van der Waals surface area contributed by atoms with Gasteiger partial charge in [-0.3, -0.25) is 4.79 Å². The molecule has 0 aliphatic carbocycles. The highest BCUT2D eigenvalue weighted by Crippen LogP contribution is 2.45. The quantitative estimate of drug-likeness (QED) is 0.370. The Bertz CT molecular complexity index is 644. The summed E-state index contributed by atoms with van der Waals surface area (Å²) >= 11 is 0. The summed E-state index contributed by atoms with van der Waals surface area (Å²) in [7, 11) is 0. The fraction of sp³-hybridized carbons (Fsp3) is 0.900. The van der Waals surface area contributed by atoms with Gasteiger partial charge in [0, 0.05) is 34.0 Å². The van der Waals surface area contributed by atoms with Crippen LogP contribution in [0.5, 0.6) is 0 Å². The molecule has 2 aliphatic rings. The Morgan fingerprint density at radius 2 is 1.03 bits per heavy atom. The lowest BCUT2D eigenvalue weighted by Crippen LogP contribution is -2.58. The van der Waals surface area contributed by atoms with Gasteiger partial charge in [-0.2, -0.15) is 0 Å². The molecule has 2 aliphatic heterocycles. The maximum Gasteiger partial charge on any atom is 0.138 e. The van der Waals surface area contributed by atoms with Crippen LogP contribution < -0.4 is 10.6 Å². The van der Waals surface area contributed by atoms with E-state index in [4.69, 9.17) is 0 Å². The molecule has 2 heterocycles. The van der Waals surface area contributed by atoms with E-state index in [1.807, 2.05) is 0 Å². The number of allylic oxidation sites excluding steroid dienone is 1. The first kappa shape index (κ1) is 28.6. The molecule has 0 saturated carbocycles. The lowest BCUT2D eigenvalue weighted by Gasteiger charge is -2.48. The summed E-state index contributed by atoms with van der Waals surface area (Å²) in [5, 5.41) is 7.55. The molecule has 0 aromatic carbocycles. The van der Waals surface area contributed by atoms with Gasteiger partial charge in [-0.1, -0.05) is 39.8 Å². The summed E-state index contributed by atoms with van der Waals surface area (Å²) in [5.74, 6) is 1.51. The van der Waals surface area contributed by atoms with E-state index in [0.717, 1.165) is 25.7 Å². The highest BCUT2D eigenvalue weighted by atomic mass is 16.1. The summed E-state index contributed by atoms with van der Waals surface area (Å²) in [5.41, 5.74) is 1.40. The van der Waals surface area contributed by atoms with Crippen molar-refractivity contribution in [1.29, 1.82) is 0 Å². The van der Waals surface area contributed by atoms with Gasteiger partial charge in [-0.15, -0.1) is 0 Å². The van der Waals surface area contributed by atoms with Crippen LogP contribution in [0.1, 0.15) is 128 Å². The number of ketones is 1. The second kappa shape index (κ2) is 9.08. The van der Waals surface area contributed by atoms with Crippen LogP contribution in [0, 0.1) is 22.7 Å². The van der Waals surface area contributed by atoms with Crippen molar-refractivity contribution in [2.75, 3.05) is 0 Å². The lowest BCUT2D eigenvalue weighted by molar-refractivity contribution is -0.130. The van der Waals surface area contributed by atoms with Crippen LogP contribution in [-0.4, -0.2) is 27.9 Å². The molecule has 2 rings (SSSR count). The molecule has 0 atom stereocenters. The average Bonchev–Trinajstić information content (AvgIpc) is 2.46. The molecule has 33 heavy (non-hydrogen) atoms. The highest BCUT2D eigenvalue weighted by Gasteiger charge is 2.43.